The number of nitrogens with zero attached hydrogens (tertiary/aromatic N) is 1. The molecule has 0 spiro atoms. The topological polar surface area (TPSA) is 15.3 Å². The molecular weight excluding hydrogens is 172 g/mol. The molecule has 0 amide bonds. The SMILES string of the molecule is CNC(C(C)C)C1CCCN(C)CC1. The zero-order valence-electron chi connectivity index (χ0n) is 10.2. The van der Waals surface area contributed by atoms with E-state index in [2.05, 4.69) is 38.2 Å². The summed E-state index contributed by atoms with van der Waals surface area (Å²) in [6.07, 6.45) is 4.13. The van der Waals surface area contributed by atoms with E-state index in [0.717, 1.165) is 11.8 Å². The molecule has 0 bridgehead atoms. The van der Waals surface area contributed by atoms with Crippen molar-refractivity contribution in [2.45, 2.75) is 39.2 Å². The molecule has 2 heteroatoms. The van der Waals surface area contributed by atoms with Crippen molar-refractivity contribution in [1.82, 2.24) is 10.2 Å². The molecule has 0 aromatic rings. The van der Waals surface area contributed by atoms with Gasteiger partial charge in [-0.05, 0) is 58.3 Å². The second kappa shape index (κ2) is 5.72. The molecule has 14 heavy (non-hydrogen) atoms. The Labute approximate surface area is 89.1 Å². The van der Waals surface area contributed by atoms with Crippen molar-refractivity contribution < 1.29 is 0 Å². The molecule has 1 heterocycles. The van der Waals surface area contributed by atoms with Crippen LogP contribution in [0.25, 0.3) is 0 Å². The quantitative estimate of drug-likeness (QED) is 0.746. The van der Waals surface area contributed by atoms with E-state index in [9.17, 15) is 0 Å². The summed E-state index contributed by atoms with van der Waals surface area (Å²) in [6.45, 7) is 7.21. The average Bonchev–Trinajstić information content (AvgIpc) is 2.32. The molecular formula is C12H26N2. The Kier molecular flexibility index (Phi) is 4.90. The van der Waals surface area contributed by atoms with E-state index >= 15 is 0 Å². The number of hydrogen-bond acceptors (Lipinski definition) is 2. The maximum atomic E-state index is 3.50. The number of nitrogens with one attached hydrogen (secondary N) is 1. The molecule has 0 aromatic carbocycles. The van der Waals surface area contributed by atoms with Gasteiger partial charge in [0.15, 0.2) is 0 Å². The molecule has 1 fully saturated rings. The first kappa shape index (κ1) is 12.0. The van der Waals surface area contributed by atoms with Crippen LogP contribution in [0.3, 0.4) is 0 Å². The minimum atomic E-state index is 0.710. The zero-order chi connectivity index (χ0) is 10.6. The van der Waals surface area contributed by atoms with Gasteiger partial charge < -0.3 is 10.2 Å². The van der Waals surface area contributed by atoms with Gasteiger partial charge in [-0.2, -0.15) is 0 Å². The Morgan fingerprint density at radius 1 is 1.21 bits per heavy atom. The molecule has 0 aromatic heterocycles. The summed E-state index contributed by atoms with van der Waals surface area (Å²) in [5.74, 6) is 1.64. The van der Waals surface area contributed by atoms with E-state index in [1.54, 1.807) is 0 Å². The first-order valence-corrected chi connectivity index (χ1v) is 6.01. The van der Waals surface area contributed by atoms with Crippen molar-refractivity contribution >= 4 is 0 Å². The standard InChI is InChI=1S/C12H26N2/c1-10(2)12(13-3)11-6-5-8-14(4)9-7-11/h10-13H,5-9H2,1-4H3. The lowest BCUT2D eigenvalue weighted by molar-refractivity contribution is 0.266. The molecule has 1 aliphatic heterocycles. The van der Waals surface area contributed by atoms with Gasteiger partial charge >= 0.3 is 0 Å². The molecule has 84 valence electrons. The van der Waals surface area contributed by atoms with Gasteiger partial charge in [0.05, 0.1) is 0 Å². The van der Waals surface area contributed by atoms with Crippen LogP contribution in [0.1, 0.15) is 33.1 Å². The molecule has 1 N–H and O–H groups in total. The minimum absolute atomic E-state index is 0.710. The lowest BCUT2D eigenvalue weighted by atomic mass is 9.85. The molecule has 2 atom stereocenters. The summed E-state index contributed by atoms with van der Waals surface area (Å²) in [5.41, 5.74) is 0. The Morgan fingerprint density at radius 2 is 1.93 bits per heavy atom. The second-order valence-corrected chi connectivity index (χ2v) is 5.05. The van der Waals surface area contributed by atoms with Gasteiger partial charge in [0.25, 0.3) is 0 Å². The first-order valence-electron chi connectivity index (χ1n) is 6.01. The van der Waals surface area contributed by atoms with Crippen LogP contribution in [-0.4, -0.2) is 38.1 Å². The van der Waals surface area contributed by atoms with Crippen molar-refractivity contribution in [2.75, 3.05) is 27.2 Å². The molecule has 2 unspecified atom stereocenters. The molecule has 0 aliphatic carbocycles. The third kappa shape index (κ3) is 3.25. The Balaban J connectivity index is 2.48. The van der Waals surface area contributed by atoms with Crippen LogP contribution < -0.4 is 5.32 Å². The van der Waals surface area contributed by atoms with E-state index in [0.29, 0.717) is 6.04 Å². The van der Waals surface area contributed by atoms with Crippen molar-refractivity contribution in [3.63, 3.8) is 0 Å². The smallest absolute Gasteiger partial charge is 0.0116 e. The van der Waals surface area contributed by atoms with Gasteiger partial charge in [-0.25, -0.2) is 0 Å². The first-order chi connectivity index (χ1) is 6.65. The summed E-state index contributed by atoms with van der Waals surface area (Å²) in [6, 6.07) is 0.710. The van der Waals surface area contributed by atoms with E-state index < -0.39 is 0 Å². The molecule has 0 radical (unpaired) electrons. The van der Waals surface area contributed by atoms with Crippen molar-refractivity contribution in [3.05, 3.63) is 0 Å². The van der Waals surface area contributed by atoms with Crippen LogP contribution >= 0.6 is 0 Å². The molecule has 1 saturated heterocycles. The van der Waals surface area contributed by atoms with Gasteiger partial charge in [0.1, 0.15) is 0 Å². The van der Waals surface area contributed by atoms with Crippen LogP contribution in [0, 0.1) is 11.8 Å². The fraction of sp³-hybridized carbons (Fsp3) is 1.00. The average molecular weight is 198 g/mol. The van der Waals surface area contributed by atoms with Gasteiger partial charge in [0, 0.05) is 6.04 Å². The van der Waals surface area contributed by atoms with Crippen molar-refractivity contribution in [1.29, 1.82) is 0 Å². The summed E-state index contributed by atoms with van der Waals surface area (Å²) in [5, 5.41) is 3.50. The second-order valence-electron chi connectivity index (χ2n) is 5.05. The molecule has 1 rings (SSSR count). The van der Waals surface area contributed by atoms with Gasteiger partial charge in [0.2, 0.25) is 0 Å². The fourth-order valence-corrected chi connectivity index (χ4v) is 2.74. The number of hydrogen-bond donors (Lipinski definition) is 1. The summed E-state index contributed by atoms with van der Waals surface area (Å²) >= 11 is 0. The van der Waals surface area contributed by atoms with Gasteiger partial charge in [-0.1, -0.05) is 13.8 Å². The number of likely N-dealkylation sites (tertiary alicyclic amines) is 1. The van der Waals surface area contributed by atoms with Crippen LogP contribution in [0.15, 0.2) is 0 Å². The lowest BCUT2D eigenvalue weighted by Gasteiger charge is -2.29. The highest BCUT2D eigenvalue weighted by Gasteiger charge is 2.24. The van der Waals surface area contributed by atoms with Crippen LogP contribution in [0.5, 0.6) is 0 Å². The molecule has 2 nitrogen and oxygen atoms in total. The Morgan fingerprint density at radius 3 is 2.50 bits per heavy atom. The highest BCUT2D eigenvalue weighted by Crippen LogP contribution is 2.24. The van der Waals surface area contributed by atoms with E-state index in [-0.39, 0.29) is 0 Å². The highest BCUT2D eigenvalue weighted by atomic mass is 15.1. The summed E-state index contributed by atoms with van der Waals surface area (Å²) in [4.78, 5) is 2.47. The predicted molar refractivity (Wildman–Crippen MR) is 62.5 cm³/mol. The predicted octanol–water partition coefficient (Wildman–Crippen LogP) is 1.96. The van der Waals surface area contributed by atoms with E-state index in [1.807, 2.05) is 0 Å². The fourth-order valence-electron chi connectivity index (χ4n) is 2.74. The third-order valence-corrected chi connectivity index (χ3v) is 3.56. The van der Waals surface area contributed by atoms with E-state index in [4.69, 9.17) is 0 Å². The van der Waals surface area contributed by atoms with Gasteiger partial charge in [-0.3, -0.25) is 0 Å². The molecule has 1 aliphatic rings. The van der Waals surface area contributed by atoms with Crippen LogP contribution in [0.4, 0.5) is 0 Å². The van der Waals surface area contributed by atoms with Crippen molar-refractivity contribution in [2.24, 2.45) is 11.8 Å². The molecule has 0 saturated carbocycles. The zero-order valence-corrected chi connectivity index (χ0v) is 10.2. The monoisotopic (exact) mass is 198 g/mol. The van der Waals surface area contributed by atoms with Crippen molar-refractivity contribution in [3.8, 4) is 0 Å². The summed E-state index contributed by atoms with van der Waals surface area (Å²) in [7, 11) is 4.35. The lowest BCUT2D eigenvalue weighted by Crippen LogP contribution is -2.38. The van der Waals surface area contributed by atoms with Crippen LogP contribution in [0.2, 0.25) is 0 Å². The maximum Gasteiger partial charge on any atom is 0.0116 e. The minimum Gasteiger partial charge on any atom is -0.316 e. The Hall–Kier alpha value is -0.0800. The van der Waals surface area contributed by atoms with Crippen LogP contribution in [-0.2, 0) is 0 Å². The maximum absolute atomic E-state index is 3.50. The highest BCUT2D eigenvalue weighted by molar-refractivity contribution is 4.80. The third-order valence-electron chi connectivity index (χ3n) is 3.56. The number of rotatable bonds is 3. The summed E-state index contributed by atoms with van der Waals surface area (Å²) < 4.78 is 0. The van der Waals surface area contributed by atoms with E-state index in [1.165, 1.54) is 32.4 Å². The largest absolute Gasteiger partial charge is 0.316 e. The Bertz CT molecular complexity index is 156. The normalized spacial score (nSPS) is 27.6. The van der Waals surface area contributed by atoms with Gasteiger partial charge in [-0.15, -0.1) is 0 Å².